The first-order chi connectivity index (χ1) is 9.26. The van der Waals surface area contributed by atoms with Gasteiger partial charge in [-0.1, -0.05) is 31.2 Å². The molecule has 1 saturated carbocycles. The van der Waals surface area contributed by atoms with Crippen molar-refractivity contribution in [3.63, 3.8) is 0 Å². The van der Waals surface area contributed by atoms with Crippen LogP contribution in [0, 0.1) is 23.2 Å². The van der Waals surface area contributed by atoms with Gasteiger partial charge in [-0.05, 0) is 42.2 Å². The zero-order valence-electron chi connectivity index (χ0n) is 11.1. The predicted molar refractivity (Wildman–Crippen MR) is 72.3 cm³/mol. The van der Waals surface area contributed by atoms with Crippen LogP contribution in [-0.4, -0.2) is 11.9 Å². The number of carbonyl (C=O) groups excluding carboxylic acids is 1. The van der Waals surface area contributed by atoms with E-state index in [2.05, 4.69) is 35.7 Å². The van der Waals surface area contributed by atoms with Crippen molar-refractivity contribution in [2.24, 2.45) is 11.8 Å². The summed E-state index contributed by atoms with van der Waals surface area (Å²) in [5.74, 6) is 1.04. The average molecular weight is 254 g/mol. The fraction of sp³-hybridized carbons (Fsp3) is 0.500. The molecule has 0 aromatic heterocycles. The molecule has 1 amide bonds. The van der Waals surface area contributed by atoms with Crippen LogP contribution in [0.4, 0.5) is 0 Å². The lowest BCUT2D eigenvalue weighted by Gasteiger charge is -2.13. The first kappa shape index (κ1) is 12.2. The lowest BCUT2D eigenvalue weighted by atomic mass is 9.92. The Morgan fingerprint density at radius 3 is 3.05 bits per heavy atom. The van der Waals surface area contributed by atoms with Gasteiger partial charge in [0, 0.05) is 5.92 Å². The van der Waals surface area contributed by atoms with Gasteiger partial charge in [-0.25, -0.2) is 0 Å². The molecule has 0 saturated heterocycles. The number of rotatable bonds is 3. The van der Waals surface area contributed by atoms with Crippen molar-refractivity contribution in [2.75, 3.05) is 0 Å². The number of hydrogen-bond donors (Lipinski definition) is 1. The first-order valence-corrected chi connectivity index (χ1v) is 7.04. The SMILES string of the molecule is CCC(C#N)NC(=O)C1C2CCc3ccccc3C21. The van der Waals surface area contributed by atoms with E-state index in [1.165, 1.54) is 11.1 Å². The van der Waals surface area contributed by atoms with E-state index in [0.29, 0.717) is 18.3 Å². The Bertz CT molecular complexity index is 546. The summed E-state index contributed by atoms with van der Waals surface area (Å²) in [7, 11) is 0. The van der Waals surface area contributed by atoms with E-state index >= 15 is 0 Å². The largest absolute Gasteiger partial charge is 0.340 e. The van der Waals surface area contributed by atoms with Crippen molar-refractivity contribution in [2.45, 2.75) is 38.1 Å². The fourth-order valence-electron chi connectivity index (χ4n) is 3.42. The number of nitriles is 1. The summed E-state index contributed by atoms with van der Waals surface area (Å²) in [4.78, 5) is 12.2. The Hall–Kier alpha value is -1.82. The van der Waals surface area contributed by atoms with Gasteiger partial charge in [-0.15, -0.1) is 0 Å². The Morgan fingerprint density at radius 1 is 1.53 bits per heavy atom. The van der Waals surface area contributed by atoms with Gasteiger partial charge in [-0.3, -0.25) is 4.79 Å². The molecule has 19 heavy (non-hydrogen) atoms. The molecule has 98 valence electrons. The Morgan fingerprint density at radius 2 is 2.32 bits per heavy atom. The van der Waals surface area contributed by atoms with Crippen LogP contribution in [0.2, 0.25) is 0 Å². The van der Waals surface area contributed by atoms with Crippen LogP contribution in [0.1, 0.15) is 36.8 Å². The van der Waals surface area contributed by atoms with Gasteiger partial charge in [0.05, 0.1) is 6.07 Å². The fourth-order valence-corrected chi connectivity index (χ4v) is 3.42. The number of nitrogens with one attached hydrogen (secondary N) is 1. The maximum absolute atomic E-state index is 12.2. The van der Waals surface area contributed by atoms with Gasteiger partial charge in [0.1, 0.15) is 6.04 Å². The Labute approximate surface area is 113 Å². The molecule has 1 fully saturated rings. The molecule has 1 aromatic rings. The second-order valence-electron chi connectivity index (χ2n) is 5.55. The predicted octanol–water partition coefficient (Wildman–Crippen LogP) is 2.38. The minimum Gasteiger partial charge on any atom is -0.340 e. The first-order valence-electron chi connectivity index (χ1n) is 7.04. The summed E-state index contributed by atoms with van der Waals surface area (Å²) in [5.41, 5.74) is 2.75. The molecule has 2 aliphatic carbocycles. The Balaban J connectivity index is 1.74. The number of benzene rings is 1. The van der Waals surface area contributed by atoms with Crippen LogP contribution in [0.25, 0.3) is 0 Å². The molecule has 1 aromatic carbocycles. The third kappa shape index (κ3) is 2.02. The average Bonchev–Trinajstić information content (AvgIpc) is 3.19. The van der Waals surface area contributed by atoms with Crippen molar-refractivity contribution in [3.8, 4) is 6.07 Å². The molecule has 3 rings (SSSR count). The molecular formula is C16H18N2O. The summed E-state index contributed by atoms with van der Waals surface area (Å²) in [6, 6.07) is 10.2. The van der Waals surface area contributed by atoms with E-state index in [1.807, 2.05) is 6.92 Å². The van der Waals surface area contributed by atoms with Crippen molar-refractivity contribution >= 4 is 5.91 Å². The number of aryl methyl sites for hydroxylation is 1. The molecule has 0 aliphatic heterocycles. The van der Waals surface area contributed by atoms with Gasteiger partial charge in [0.25, 0.3) is 0 Å². The topological polar surface area (TPSA) is 52.9 Å². The quantitative estimate of drug-likeness (QED) is 0.900. The molecule has 3 heteroatoms. The molecular weight excluding hydrogens is 236 g/mol. The molecule has 2 aliphatic rings. The van der Waals surface area contributed by atoms with Crippen molar-refractivity contribution < 1.29 is 4.79 Å². The molecule has 0 heterocycles. The smallest absolute Gasteiger partial charge is 0.225 e. The highest BCUT2D eigenvalue weighted by atomic mass is 16.2. The van der Waals surface area contributed by atoms with E-state index in [-0.39, 0.29) is 17.9 Å². The van der Waals surface area contributed by atoms with Gasteiger partial charge in [-0.2, -0.15) is 5.26 Å². The van der Waals surface area contributed by atoms with E-state index < -0.39 is 0 Å². The second kappa shape index (κ2) is 4.70. The zero-order valence-corrected chi connectivity index (χ0v) is 11.1. The molecule has 1 N–H and O–H groups in total. The third-order valence-electron chi connectivity index (χ3n) is 4.51. The van der Waals surface area contributed by atoms with Crippen LogP contribution in [0.3, 0.4) is 0 Å². The van der Waals surface area contributed by atoms with Crippen molar-refractivity contribution in [1.82, 2.24) is 5.32 Å². The van der Waals surface area contributed by atoms with Gasteiger partial charge in [0.15, 0.2) is 0 Å². The number of fused-ring (bicyclic) bond motifs is 3. The summed E-state index contributed by atoms with van der Waals surface area (Å²) in [5, 5.41) is 11.8. The number of hydrogen-bond acceptors (Lipinski definition) is 2. The molecule has 0 radical (unpaired) electrons. The highest BCUT2D eigenvalue weighted by Crippen LogP contribution is 2.59. The summed E-state index contributed by atoms with van der Waals surface area (Å²) in [6.07, 6.45) is 2.85. The lowest BCUT2D eigenvalue weighted by molar-refractivity contribution is -0.123. The molecule has 4 unspecified atom stereocenters. The van der Waals surface area contributed by atoms with Gasteiger partial charge < -0.3 is 5.32 Å². The summed E-state index contributed by atoms with van der Waals surface area (Å²) in [6.45, 7) is 1.92. The molecule has 3 nitrogen and oxygen atoms in total. The standard InChI is InChI=1S/C16H18N2O/c1-2-11(9-17)18-16(19)15-13-8-7-10-5-3-4-6-12(10)14(13)15/h3-6,11,13-15H,2,7-8H2,1H3,(H,18,19). The molecule has 0 spiro atoms. The second-order valence-corrected chi connectivity index (χ2v) is 5.55. The zero-order chi connectivity index (χ0) is 13.4. The monoisotopic (exact) mass is 254 g/mol. The van der Waals surface area contributed by atoms with E-state index in [1.54, 1.807) is 0 Å². The van der Waals surface area contributed by atoms with Crippen LogP contribution in [-0.2, 0) is 11.2 Å². The molecule has 4 atom stereocenters. The third-order valence-corrected chi connectivity index (χ3v) is 4.51. The number of carbonyl (C=O) groups is 1. The van der Waals surface area contributed by atoms with E-state index in [9.17, 15) is 4.79 Å². The van der Waals surface area contributed by atoms with Gasteiger partial charge in [0.2, 0.25) is 5.91 Å². The van der Waals surface area contributed by atoms with E-state index in [4.69, 9.17) is 5.26 Å². The lowest BCUT2D eigenvalue weighted by Crippen LogP contribution is -2.34. The summed E-state index contributed by atoms with van der Waals surface area (Å²) >= 11 is 0. The van der Waals surface area contributed by atoms with Gasteiger partial charge >= 0.3 is 0 Å². The van der Waals surface area contributed by atoms with Crippen LogP contribution >= 0.6 is 0 Å². The summed E-state index contributed by atoms with van der Waals surface area (Å²) < 4.78 is 0. The Kier molecular flexibility index (Phi) is 3.02. The van der Waals surface area contributed by atoms with Crippen LogP contribution in [0.15, 0.2) is 24.3 Å². The van der Waals surface area contributed by atoms with Crippen molar-refractivity contribution in [1.29, 1.82) is 5.26 Å². The highest BCUT2D eigenvalue weighted by molar-refractivity contribution is 5.84. The minimum absolute atomic E-state index is 0.0695. The van der Waals surface area contributed by atoms with Crippen LogP contribution in [0.5, 0.6) is 0 Å². The maximum atomic E-state index is 12.2. The number of nitrogens with zero attached hydrogens (tertiary/aromatic N) is 1. The van der Waals surface area contributed by atoms with E-state index in [0.717, 1.165) is 12.8 Å². The minimum atomic E-state index is -0.342. The maximum Gasteiger partial charge on any atom is 0.225 e. The number of amides is 1. The highest BCUT2D eigenvalue weighted by Gasteiger charge is 2.57. The van der Waals surface area contributed by atoms with Crippen LogP contribution < -0.4 is 5.32 Å². The molecule has 0 bridgehead atoms. The van der Waals surface area contributed by atoms with Crippen molar-refractivity contribution in [3.05, 3.63) is 35.4 Å². The normalized spacial score (nSPS) is 28.5.